The fourth-order valence-corrected chi connectivity index (χ4v) is 5.44. The van der Waals surface area contributed by atoms with Gasteiger partial charge in [0, 0.05) is 23.9 Å². The number of sulfonamides is 1. The normalized spacial score (nSPS) is 19.5. The lowest BCUT2D eigenvalue weighted by atomic mass is 10.2. The zero-order chi connectivity index (χ0) is 15.5. The van der Waals surface area contributed by atoms with Crippen LogP contribution in [0.3, 0.4) is 0 Å². The zero-order valence-corrected chi connectivity index (χ0v) is 15.4. The molecule has 0 bridgehead atoms. The first-order valence-corrected chi connectivity index (χ1v) is 10.3. The highest BCUT2D eigenvalue weighted by atomic mass is 79.9. The summed E-state index contributed by atoms with van der Waals surface area (Å²) in [4.78, 5) is 0.172. The van der Waals surface area contributed by atoms with Gasteiger partial charge in [0.05, 0.1) is 6.54 Å². The summed E-state index contributed by atoms with van der Waals surface area (Å²) in [6.07, 6.45) is 2.24. The van der Waals surface area contributed by atoms with Crippen LogP contribution in [0.2, 0.25) is 0 Å². The second kappa shape index (κ2) is 7.50. The predicted molar refractivity (Wildman–Crippen MR) is 89.1 cm³/mol. The molecular weight excluding hydrogens is 376 g/mol. The molecule has 120 valence electrons. The quantitative estimate of drug-likeness (QED) is 0.740. The molecule has 0 spiro atoms. The van der Waals surface area contributed by atoms with Crippen LogP contribution in [0.25, 0.3) is 0 Å². The Balaban J connectivity index is 2.01. The first kappa shape index (κ1) is 17.3. The number of hydrogen-bond acceptors (Lipinski definition) is 5. The van der Waals surface area contributed by atoms with E-state index >= 15 is 0 Å². The Morgan fingerprint density at radius 1 is 1.52 bits per heavy atom. The van der Waals surface area contributed by atoms with Crippen molar-refractivity contribution in [2.75, 3.05) is 12.3 Å². The van der Waals surface area contributed by atoms with Crippen LogP contribution < -0.4 is 10.0 Å². The number of nitrogens with one attached hydrogen (secondary N) is 2. The summed E-state index contributed by atoms with van der Waals surface area (Å²) >= 11 is 5.02. The number of furan rings is 1. The van der Waals surface area contributed by atoms with Gasteiger partial charge in [-0.05, 0) is 34.5 Å². The number of rotatable bonds is 7. The molecule has 2 N–H and O–H groups in total. The van der Waals surface area contributed by atoms with Crippen LogP contribution in [0, 0.1) is 0 Å². The lowest BCUT2D eigenvalue weighted by molar-refractivity contribution is 0.447. The van der Waals surface area contributed by atoms with Gasteiger partial charge in [-0.2, -0.15) is 11.8 Å². The van der Waals surface area contributed by atoms with Crippen molar-refractivity contribution in [1.29, 1.82) is 0 Å². The number of thioether (sulfide) groups is 1. The van der Waals surface area contributed by atoms with Crippen LogP contribution in [-0.2, 0) is 16.6 Å². The van der Waals surface area contributed by atoms with E-state index in [1.165, 1.54) is 0 Å². The minimum Gasteiger partial charge on any atom is -0.452 e. The zero-order valence-electron chi connectivity index (χ0n) is 12.2. The minimum absolute atomic E-state index is 0.172. The molecule has 1 fully saturated rings. The summed E-state index contributed by atoms with van der Waals surface area (Å²) in [5, 5.41) is 3.58. The molecule has 1 atom stereocenters. The Morgan fingerprint density at radius 3 is 2.90 bits per heavy atom. The average molecular weight is 397 g/mol. The molecule has 0 saturated carbocycles. The topological polar surface area (TPSA) is 71.3 Å². The Bertz CT molecular complexity index is 566. The molecule has 1 aromatic rings. The first-order valence-electron chi connectivity index (χ1n) is 7.01. The predicted octanol–water partition coefficient (Wildman–Crippen LogP) is 2.71. The van der Waals surface area contributed by atoms with Gasteiger partial charge >= 0.3 is 0 Å². The largest absolute Gasteiger partial charge is 0.452 e. The van der Waals surface area contributed by atoms with E-state index in [1.807, 2.05) is 25.6 Å². The standard InChI is InChI=1S/C13H21BrN2O3S2/c1-9(2)15-7-10-6-12(13(14)19-10)21(17,18)16-8-11-4-3-5-20-11/h6,9,11,15-16H,3-5,7-8H2,1-2H3. The van der Waals surface area contributed by atoms with Crippen LogP contribution in [0.4, 0.5) is 0 Å². The van der Waals surface area contributed by atoms with Crippen molar-refractivity contribution in [3.05, 3.63) is 16.5 Å². The lowest BCUT2D eigenvalue weighted by Crippen LogP contribution is -2.29. The fraction of sp³-hybridized carbons (Fsp3) is 0.692. The van der Waals surface area contributed by atoms with E-state index in [4.69, 9.17) is 4.42 Å². The van der Waals surface area contributed by atoms with Crippen LogP contribution in [0.5, 0.6) is 0 Å². The molecule has 5 nitrogen and oxygen atoms in total. The molecule has 21 heavy (non-hydrogen) atoms. The monoisotopic (exact) mass is 396 g/mol. The van der Waals surface area contributed by atoms with Crippen LogP contribution in [-0.4, -0.2) is 32.0 Å². The lowest BCUT2D eigenvalue weighted by Gasteiger charge is -2.09. The third-order valence-electron chi connectivity index (χ3n) is 3.21. The van der Waals surface area contributed by atoms with Crippen molar-refractivity contribution in [3.63, 3.8) is 0 Å². The van der Waals surface area contributed by atoms with Crippen molar-refractivity contribution < 1.29 is 12.8 Å². The van der Waals surface area contributed by atoms with Gasteiger partial charge in [0.15, 0.2) is 4.67 Å². The van der Waals surface area contributed by atoms with Gasteiger partial charge in [-0.1, -0.05) is 13.8 Å². The Labute approximate surface area is 138 Å². The molecular formula is C13H21BrN2O3S2. The summed E-state index contributed by atoms with van der Waals surface area (Å²) in [6, 6.07) is 1.88. The Morgan fingerprint density at radius 2 is 2.29 bits per heavy atom. The molecule has 1 aromatic heterocycles. The fourth-order valence-electron chi connectivity index (χ4n) is 2.06. The van der Waals surface area contributed by atoms with Crippen LogP contribution >= 0.6 is 27.7 Å². The van der Waals surface area contributed by atoms with Crippen molar-refractivity contribution in [3.8, 4) is 0 Å². The van der Waals surface area contributed by atoms with Gasteiger partial charge in [0.25, 0.3) is 0 Å². The Kier molecular flexibility index (Phi) is 6.19. The van der Waals surface area contributed by atoms with E-state index in [-0.39, 0.29) is 9.56 Å². The van der Waals surface area contributed by atoms with Gasteiger partial charge in [0.1, 0.15) is 10.7 Å². The van der Waals surface area contributed by atoms with Gasteiger partial charge in [-0.25, -0.2) is 13.1 Å². The third kappa shape index (κ3) is 4.99. The maximum Gasteiger partial charge on any atom is 0.245 e. The molecule has 1 saturated heterocycles. The molecule has 2 heterocycles. The molecule has 0 aromatic carbocycles. The van der Waals surface area contributed by atoms with E-state index in [0.717, 1.165) is 18.6 Å². The van der Waals surface area contributed by atoms with E-state index in [2.05, 4.69) is 26.0 Å². The minimum atomic E-state index is -3.53. The second-order valence-electron chi connectivity index (χ2n) is 5.37. The van der Waals surface area contributed by atoms with Crippen LogP contribution in [0.1, 0.15) is 32.4 Å². The maximum absolute atomic E-state index is 12.3. The first-order chi connectivity index (χ1) is 9.88. The highest BCUT2D eigenvalue weighted by molar-refractivity contribution is 9.10. The molecule has 1 unspecified atom stereocenters. The van der Waals surface area contributed by atoms with Crippen molar-refractivity contribution in [2.45, 2.75) is 49.4 Å². The van der Waals surface area contributed by atoms with E-state index in [9.17, 15) is 8.42 Å². The van der Waals surface area contributed by atoms with Crippen molar-refractivity contribution >= 4 is 37.7 Å². The SMILES string of the molecule is CC(C)NCc1cc(S(=O)(=O)NCC2CCCS2)c(Br)o1. The van der Waals surface area contributed by atoms with Crippen LogP contribution in [0.15, 0.2) is 20.0 Å². The van der Waals surface area contributed by atoms with Gasteiger partial charge in [-0.15, -0.1) is 0 Å². The molecule has 0 amide bonds. The van der Waals surface area contributed by atoms with Gasteiger partial charge in [0.2, 0.25) is 10.0 Å². The van der Waals surface area contributed by atoms with E-state index in [1.54, 1.807) is 6.07 Å². The summed E-state index contributed by atoms with van der Waals surface area (Å²) in [5.41, 5.74) is 0. The number of halogens is 1. The smallest absolute Gasteiger partial charge is 0.245 e. The Hall–Kier alpha value is -0.0200. The van der Waals surface area contributed by atoms with E-state index in [0.29, 0.717) is 30.1 Å². The van der Waals surface area contributed by atoms with Gasteiger partial charge < -0.3 is 9.73 Å². The molecule has 0 aliphatic carbocycles. The molecule has 1 aliphatic heterocycles. The number of hydrogen-bond donors (Lipinski definition) is 2. The average Bonchev–Trinajstić information content (AvgIpc) is 3.03. The highest BCUT2D eigenvalue weighted by Crippen LogP contribution is 2.28. The third-order valence-corrected chi connectivity index (χ3v) is 6.88. The summed E-state index contributed by atoms with van der Waals surface area (Å²) < 4.78 is 33.0. The van der Waals surface area contributed by atoms with Crippen molar-refractivity contribution in [1.82, 2.24) is 10.0 Å². The second-order valence-corrected chi connectivity index (χ2v) is 9.24. The molecule has 8 heteroatoms. The van der Waals surface area contributed by atoms with E-state index < -0.39 is 10.0 Å². The van der Waals surface area contributed by atoms with Crippen molar-refractivity contribution in [2.24, 2.45) is 0 Å². The maximum atomic E-state index is 12.3. The summed E-state index contributed by atoms with van der Waals surface area (Å²) in [7, 11) is -3.53. The van der Waals surface area contributed by atoms with Gasteiger partial charge in [-0.3, -0.25) is 0 Å². The summed E-state index contributed by atoms with van der Waals surface area (Å²) in [6.45, 7) is 5.03. The highest BCUT2D eigenvalue weighted by Gasteiger charge is 2.24. The molecule has 1 aliphatic rings. The molecule has 0 radical (unpaired) electrons. The molecule has 2 rings (SSSR count). The summed E-state index contributed by atoms with van der Waals surface area (Å²) in [5.74, 6) is 1.72.